The van der Waals surface area contributed by atoms with Gasteiger partial charge in [-0.15, -0.1) is 0 Å². The molecular formula is C35H33BN2SSe. The predicted octanol–water partition coefficient (Wildman–Crippen LogP) is 4.48. The van der Waals surface area contributed by atoms with Crippen LogP contribution in [-0.2, 0) is 19.3 Å². The molecule has 40 heavy (non-hydrogen) atoms. The van der Waals surface area contributed by atoms with Crippen LogP contribution in [0.25, 0.3) is 16.6 Å². The molecule has 0 unspecified atom stereocenters. The number of para-hydroxylation sites is 1. The van der Waals surface area contributed by atoms with Crippen LogP contribution in [0.4, 0.5) is 5.69 Å². The molecule has 0 radical (unpaired) electrons. The molecule has 0 atom stereocenters. The Kier molecular flexibility index (Phi) is 5.99. The average Bonchev–Trinajstić information content (AvgIpc) is 3.30. The number of aromatic nitrogens is 1. The van der Waals surface area contributed by atoms with Crippen molar-refractivity contribution in [2.45, 2.75) is 55.2 Å². The standard InChI is InChI=1S/C35H33BN2SSe/c1-4-10-22-19-32-34-33(20-22)40-35-27(36(34)26-18-17-23(37(2)3)21-31(26)39-32)13-9-16-30(35)38-28-14-7-5-11-24(28)25-12-6-8-15-29(25)38/h5,7,9,11,13-14,16-21H,4,6,8,10,12,15H2,1-3H3. The van der Waals surface area contributed by atoms with Gasteiger partial charge in [0.15, 0.2) is 0 Å². The Morgan fingerprint density at radius 2 is 1.77 bits per heavy atom. The molecule has 198 valence electrons. The predicted molar refractivity (Wildman–Crippen MR) is 175 cm³/mol. The van der Waals surface area contributed by atoms with Gasteiger partial charge in [-0.1, -0.05) is 0 Å². The Bertz CT molecular complexity index is 1820. The molecule has 0 N–H and O–H groups in total. The molecule has 0 amide bonds. The van der Waals surface area contributed by atoms with E-state index in [1.165, 1.54) is 80.7 Å². The van der Waals surface area contributed by atoms with Crippen molar-refractivity contribution in [3.05, 3.63) is 89.6 Å². The molecule has 5 aromatic rings. The summed E-state index contributed by atoms with van der Waals surface area (Å²) in [7, 11) is 4.29. The van der Waals surface area contributed by atoms with Crippen LogP contribution in [0.2, 0.25) is 0 Å². The Morgan fingerprint density at radius 3 is 2.65 bits per heavy atom. The van der Waals surface area contributed by atoms with E-state index in [4.69, 9.17) is 0 Å². The topological polar surface area (TPSA) is 8.17 Å². The van der Waals surface area contributed by atoms with Crippen LogP contribution in [0.1, 0.15) is 43.0 Å². The molecule has 0 saturated heterocycles. The summed E-state index contributed by atoms with van der Waals surface area (Å²) in [6.45, 7) is 2.61. The Hall–Kier alpha value is -2.85. The number of hydrogen-bond acceptors (Lipinski definition) is 2. The summed E-state index contributed by atoms with van der Waals surface area (Å²) >= 11 is 2.25. The van der Waals surface area contributed by atoms with Crippen LogP contribution in [0.3, 0.4) is 0 Å². The van der Waals surface area contributed by atoms with Crippen LogP contribution >= 0.6 is 11.8 Å². The quantitative estimate of drug-likeness (QED) is 0.275. The summed E-state index contributed by atoms with van der Waals surface area (Å²) in [5, 5.41) is 1.46. The van der Waals surface area contributed by atoms with Gasteiger partial charge >= 0.3 is 249 Å². The number of benzene rings is 4. The van der Waals surface area contributed by atoms with E-state index in [2.05, 4.69) is 103 Å². The molecule has 0 bridgehead atoms. The molecular weight excluding hydrogens is 570 g/mol. The summed E-state index contributed by atoms with van der Waals surface area (Å²) in [6.07, 6.45) is 7.31. The summed E-state index contributed by atoms with van der Waals surface area (Å²) in [5.74, 6) is 0. The number of fused-ring (bicyclic) bond motifs is 7. The van der Waals surface area contributed by atoms with Gasteiger partial charge in [-0.3, -0.25) is 0 Å². The van der Waals surface area contributed by atoms with Crippen LogP contribution in [0.15, 0.2) is 82.6 Å². The van der Waals surface area contributed by atoms with Gasteiger partial charge in [-0.05, 0) is 0 Å². The van der Waals surface area contributed by atoms with Gasteiger partial charge in [-0.25, -0.2) is 0 Å². The average molecular weight is 604 g/mol. The summed E-state index contributed by atoms with van der Waals surface area (Å²) in [5.41, 5.74) is 13.3. The number of rotatable bonds is 4. The summed E-state index contributed by atoms with van der Waals surface area (Å²) in [6, 6.07) is 28.5. The number of aryl methyl sites for hydroxylation is 2. The Balaban J connectivity index is 1.40. The van der Waals surface area contributed by atoms with Crippen molar-refractivity contribution in [3.63, 3.8) is 0 Å². The monoisotopic (exact) mass is 604 g/mol. The second-order valence-electron chi connectivity index (χ2n) is 11.7. The van der Waals surface area contributed by atoms with Gasteiger partial charge in [0.05, 0.1) is 0 Å². The molecule has 3 aliphatic rings. The van der Waals surface area contributed by atoms with Crippen molar-refractivity contribution in [2.24, 2.45) is 0 Å². The van der Waals surface area contributed by atoms with Crippen molar-refractivity contribution < 1.29 is 0 Å². The molecule has 4 aromatic carbocycles. The first-order valence-electron chi connectivity index (χ1n) is 14.7. The van der Waals surface area contributed by atoms with Gasteiger partial charge in [0, 0.05) is 0 Å². The first-order chi connectivity index (χ1) is 19.6. The van der Waals surface area contributed by atoms with Crippen molar-refractivity contribution in [1.29, 1.82) is 0 Å². The van der Waals surface area contributed by atoms with Crippen LogP contribution in [0.5, 0.6) is 0 Å². The molecule has 2 nitrogen and oxygen atoms in total. The maximum absolute atomic E-state index is 2.67. The van der Waals surface area contributed by atoms with Crippen molar-refractivity contribution >= 4 is 75.3 Å². The second-order valence-corrected chi connectivity index (χ2v) is 15.0. The van der Waals surface area contributed by atoms with Crippen LogP contribution < -0.4 is 30.2 Å². The Labute approximate surface area is 248 Å². The zero-order valence-corrected chi connectivity index (χ0v) is 26.0. The molecule has 5 heteroatoms. The van der Waals surface area contributed by atoms with Crippen LogP contribution in [0, 0.1) is 0 Å². The number of hydrogen-bond donors (Lipinski definition) is 0. The SMILES string of the molecule is CCCc1cc2c3c(c1)[Se]c1c(cccc1-n1c4c(c5ccccc51)CCCC4)B3c1ccc(N(C)C)cc1S2. The van der Waals surface area contributed by atoms with E-state index in [-0.39, 0.29) is 15.0 Å². The fraction of sp³-hybridized carbons (Fsp3) is 0.257. The van der Waals surface area contributed by atoms with Gasteiger partial charge in [0.25, 0.3) is 0 Å². The van der Waals surface area contributed by atoms with Crippen molar-refractivity contribution in [3.8, 4) is 5.69 Å². The molecule has 1 aliphatic carbocycles. The second kappa shape index (κ2) is 9.62. The van der Waals surface area contributed by atoms with E-state index in [9.17, 15) is 0 Å². The fourth-order valence-corrected chi connectivity index (χ4v) is 11.4. The van der Waals surface area contributed by atoms with Gasteiger partial charge in [0.2, 0.25) is 0 Å². The van der Waals surface area contributed by atoms with E-state index in [0.29, 0.717) is 6.71 Å². The van der Waals surface area contributed by atoms with Crippen LogP contribution in [-0.4, -0.2) is 40.3 Å². The molecule has 0 fully saturated rings. The van der Waals surface area contributed by atoms with Gasteiger partial charge in [0.1, 0.15) is 0 Å². The first-order valence-corrected chi connectivity index (χ1v) is 17.2. The molecule has 0 spiro atoms. The molecule has 1 aromatic heterocycles. The summed E-state index contributed by atoms with van der Waals surface area (Å²) in [4.78, 5) is 5.12. The third-order valence-corrected chi connectivity index (χ3v) is 12.7. The van der Waals surface area contributed by atoms with Gasteiger partial charge in [-0.2, -0.15) is 0 Å². The zero-order valence-electron chi connectivity index (χ0n) is 23.5. The Morgan fingerprint density at radius 1 is 0.900 bits per heavy atom. The summed E-state index contributed by atoms with van der Waals surface area (Å²) < 4.78 is 5.84. The maximum atomic E-state index is 2.67. The third kappa shape index (κ3) is 3.71. The minimum atomic E-state index is 0.255. The van der Waals surface area contributed by atoms with E-state index in [1.807, 2.05) is 11.8 Å². The molecule has 2 aliphatic heterocycles. The van der Waals surface area contributed by atoms with Crippen molar-refractivity contribution in [2.75, 3.05) is 19.0 Å². The molecule has 0 saturated carbocycles. The first kappa shape index (κ1) is 24.9. The molecule has 8 rings (SSSR count). The third-order valence-electron chi connectivity index (χ3n) is 9.00. The number of nitrogens with zero attached hydrogens (tertiary/aromatic N) is 2. The van der Waals surface area contributed by atoms with E-state index in [0.717, 1.165) is 6.42 Å². The van der Waals surface area contributed by atoms with Crippen molar-refractivity contribution in [1.82, 2.24) is 4.57 Å². The minimum absolute atomic E-state index is 0.255. The zero-order chi connectivity index (χ0) is 27.0. The number of anilines is 1. The van der Waals surface area contributed by atoms with E-state index in [1.54, 1.807) is 25.6 Å². The van der Waals surface area contributed by atoms with E-state index >= 15 is 0 Å². The fourth-order valence-electron chi connectivity index (χ4n) is 7.20. The molecule has 3 heterocycles. The van der Waals surface area contributed by atoms with Gasteiger partial charge < -0.3 is 0 Å². The normalized spacial score (nSPS) is 14.9. The van der Waals surface area contributed by atoms with E-state index < -0.39 is 0 Å².